The Hall–Kier alpha value is -1.95. The average molecular weight is 332 g/mol. The SMILES string of the molecule is Cc1cc(N)nc(CCc2nc3ncc(Br)cc3[nH]2)c1. The van der Waals surface area contributed by atoms with Gasteiger partial charge in [-0.25, -0.2) is 15.0 Å². The number of fused-ring (bicyclic) bond motifs is 1. The van der Waals surface area contributed by atoms with Gasteiger partial charge in [0.15, 0.2) is 5.65 Å². The van der Waals surface area contributed by atoms with Gasteiger partial charge in [0.25, 0.3) is 0 Å². The van der Waals surface area contributed by atoms with Crippen molar-refractivity contribution in [2.75, 3.05) is 5.73 Å². The highest BCUT2D eigenvalue weighted by molar-refractivity contribution is 9.10. The molecular formula is C14H14BrN5. The summed E-state index contributed by atoms with van der Waals surface area (Å²) < 4.78 is 0.938. The molecule has 0 bridgehead atoms. The Kier molecular flexibility index (Phi) is 3.40. The second-order valence-electron chi connectivity index (χ2n) is 4.77. The van der Waals surface area contributed by atoms with Gasteiger partial charge < -0.3 is 10.7 Å². The number of pyridine rings is 2. The average Bonchev–Trinajstić information content (AvgIpc) is 2.77. The number of nitrogens with one attached hydrogen (secondary N) is 1. The highest BCUT2D eigenvalue weighted by atomic mass is 79.9. The Bertz CT molecular complexity index is 745. The summed E-state index contributed by atoms with van der Waals surface area (Å²) in [6.07, 6.45) is 3.33. The molecule has 0 saturated carbocycles. The van der Waals surface area contributed by atoms with E-state index >= 15 is 0 Å². The number of imidazole rings is 1. The van der Waals surface area contributed by atoms with E-state index in [-0.39, 0.29) is 0 Å². The zero-order chi connectivity index (χ0) is 14.1. The number of hydrogen-bond acceptors (Lipinski definition) is 4. The van der Waals surface area contributed by atoms with Crippen molar-refractivity contribution in [1.29, 1.82) is 0 Å². The second kappa shape index (κ2) is 5.20. The second-order valence-corrected chi connectivity index (χ2v) is 5.68. The third-order valence-corrected chi connectivity index (χ3v) is 3.45. The molecule has 3 aromatic rings. The van der Waals surface area contributed by atoms with E-state index in [0.717, 1.165) is 45.6 Å². The zero-order valence-corrected chi connectivity index (χ0v) is 12.6. The van der Waals surface area contributed by atoms with Crippen LogP contribution in [-0.2, 0) is 12.8 Å². The summed E-state index contributed by atoms with van der Waals surface area (Å²) in [5, 5.41) is 0. The molecule has 3 N–H and O–H groups in total. The van der Waals surface area contributed by atoms with E-state index in [9.17, 15) is 0 Å². The first kappa shape index (κ1) is 13.1. The van der Waals surface area contributed by atoms with Crippen LogP contribution < -0.4 is 5.73 Å². The van der Waals surface area contributed by atoms with Gasteiger partial charge in [-0.3, -0.25) is 0 Å². The number of nitrogens with two attached hydrogens (primary N) is 1. The van der Waals surface area contributed by atoms with Crippen molar-refractivity contribution in [2.24, 2.45) is 0 Å². The number of halogens is 1. The Balaban J connectivity index is 1.79. The van der Waals surface area contributed by atoms with Gasteiger partial charge in [0.05, 0.1) is 5.52 Å². The van der Waals surface area contributed by atoms with Crippen LogP contribution in [-0.4, -0.2) is 19.9 Å². The molecule has 3 rings (SSSR count). The maximum absolute atomic E-state index is 5.76. The summed E-state index contributed by atoms with van der Waals surface area (Å²) in [6.45, 7) is 2.02. The van der Waals surface area contributed by atoms with Crippen LogP contribution in [0.4, 0.5) is 5.82 Å². The fourth-order valence-electron chi connectivity index (χ4n) is 2.19. The van der Waals surface area contributed by atoms with Crippen LogP contribution in [0.1, 0.15) is 17.1 Å². The minimum atomic E-state index is 0.565. The molecule has 3 heterocycles. The van der Waals surface area contributed by atoms with Gasteiger partial charge in [0.2, 0.25) is 0 Å². The molecule has 0 radical (unpaired) electrons. The number of H-pyrrole nitrogens is 1. The fourth-order valence-corrected chi connectivity index (χ4v) is 2.52. The number of aromatic amines is 1. The third kappa shape index (κ3) is 2.80. The minimum Gasteiger partial charge on any atom is -0.384 e. The van der Waals surface area contributed by atoms with Gasteiger partial charge in [-0.15, -0.1) is 0 Å². The monoisotopic (exact) mass is 331 g/mol. The number of rotatable bonds is 3. The van der Waals surface area contributed by atoms with E-state index in [1.165, 1.54) is 0 Å². The van der Waals surface area contributed by atoms with Crippen LogP contribution in [0.3, 0.4) is 0 Å². The van der Waals surface area contributed by atoms with E-state index in [1.54, 1.807) is 6.20 Å². The number of aryl methyl sites for hydroxylation is 3. The maximum Gasteiger partial charge on any atom is 0.177 e. The van der Waals surface area contributed by atoms with Gasteiger partial charge in [0.1, 0.15) is 11.6 Å². The van der Waals surface area contributed by atoms with E-state index in [1.807, 2.05) is 25.1 Å². The molecule has 3 aromatic heterocycles. The molecular weight excluding hydrogens is 318 g/mol. The maximum atomic E-state index is 5.76. The Labute approximate surface area is 124 Å². The molecule has 0 fully saturated rings. The topological polar surface area (TPSA) is 80.5 Å². The predicted octanol–water partition coefficient (Wildman–Crippen LogP) is 2.79. The standard InChI is InChI=1S/C14H14BrN5/c1-8-4-10(18-12(16)5-8)2-3-13-19-11-6-9(15)7-17-14(11)20-13/h4-7H,2-3H2,1H3,(H2,16,18)(H,17,19,20). The van der Waals surface area contributed by atoms with E-state index in [2.05, 4.69) is 35.9 Å². The summed E-state index contributed by atoms with van der Waals surface area (Å²) in [5.74, 6) is 1.47. The molecule has 102 valence electrons. The van der Waals surface area contributed by atoms with E-state index in [4.69, 9.17) is 5.73 Å². The lowest BCUT2D eigenvalue weighted by atomic mass is 10.1. The van der Waals surface area contributed by atoms with E-state index < -0.39 is 0 Å². The first-order valence-corrected chi connectivity index (χ1v) is 7.12. The Morgan fingerprint density at radius 1 is 1.20 bits per heavy atom. The lowest BCUT2D eigenvalue weighted by Crippen LogP contribution is -2.00. The third-order valence-electron chi connectivity index (χ3n) is 3.01. The molecule has 0 aromatic carbocycles. The van der Waals surface area contributed by atoms with Gasteiger partial charge in [-0.1, -0.05) is 0 Å². The number of aromatic nitrogens is 4. The molecule has 0 saturated heterocycles. The molecule has 0 atom stereocenters. The number of nitrogens with zero attached hydrogens (tertiary/aromatic N) is 3. The van der Waals surface area contributed by atoms with Crippen molar-refractivity contribution >= 4 is 32.9 Å². The van der Waals surface area contributed by atoms with Crippen LogP contribution in [0.5, 0.6) is 0 Å². The highest BCUT2D eigenvalue weighted by Gasteiger charge is 2.06. The summed E-state index contributed by atoms with van der Waals surface area (Å²) >= 11 is 3.40. The normalized spacial score (nSPS) is 11.1. The summed E-state index contributed by atoms with van der Waals surface area (Å²) in [6, 6.07) is 5.89. The van der Waals surface area contributed by atoms with Gasteiger partial charge in [-0.2, -0.15) is 0 Å². The Morgan fingerprint density at radius 3 is 2.85 bits per heavy atom. The highest BCUT2D eigenvalue weighted by Crippen LogP contribution is 2.16. The van der Waals surface area contributed by atoms with E-state index in [0.29, 0.717) is 5.82 Å². The molecule has 0 amide bonds. The smallest absolute Gasteiger partial charge is 0.177 e. The van der Waals surface area contributed by atoms with Gasteiger partial charge >= 0.3 is 0 Å². The van der Waals surface area contributed by atoms with Crippen molar-refractivity contribution in [3.8, 4) is 0 Å². The van der Waals surface area contributed by atoms with Gasteiger partial charge in [-0.05, 0) is 53.0 Å². The van der Waals surface area contributed by atoms with Gasteiger partial charge in [0, 0.05) is 22.8 Å². The predicted molar refractivity (Wildman–Crippen MR) is 82.4 cm³/mol. The van der Waals surface area contributed by atoms with Crippen LogP contribution in [0, 0.1) is 6.92 Å². The van der Waals surface area contributed by atoms with Crippen LogP contribution >= 0.6 is 15.9 Å². The number of nitrogen functional groups attached to an aromatic ring is 1. The number of anilines is 1. The largest absolute Gasteiger partial charge is 0.384 e. The molecule has 0 aliphatic rings. The first-order valence-electron chi connectivity index (χ1n) is 6.33. The lowest BCUT2D eigenvalue weighted by molar-refractivity contribution is 0.860. The van der Waals surface area contributed by atoms with Crippen molar-refractivity contribution < 1.29 is 0 Å². The molecule has 0 aliphatic carbocycles. The van der Waals surface area contributed by atoms with Crippen molar-refractivity contribution in [3.05, 3.63) is 46.0 Å². The van der Waals surface area contributed by atoms with Crippen molar-refractivity contribution in [1.82, 2.24) is 19.9 Å². The van der Waals surface area contributed by atoms with Crippen molar-refractivity contribution in [2.45, 2.75) is 19.8 Å². The molecule has 0 aliphatic heterocycles. The number of hydrogen-bond donors (Lipinski definition) is 2. The van der Waals surface area contributed by atoms with Crippen LogP contribution in [0.2, 0.25) is 0 Å². The zero-order valence-electron chi connectivity index (χ0n) is 11.0. The summed E-state index contributed by atoms with van der Waals surface area (Å²) in [7, 11) is 0. The Morgan fingerprint density at radius 2 is 2.05 bits per heavy atom. The quantitative estimate of drug-likeness (QED) is 0.773. The molecule has 0 unspecified atom stereocenters. The van der Waals surface area contributed by atoms with Crippen molar-refractivity contribution in [3.63, 3.8) is 0 Å². The first-order chi connectivity index (χ1) is 9.60. The summed E-state index contributed by atoms with van der Waals surface area (Å²) in [5.41, 5.74) is 9.54. The molecule has 20 heavy (non-hydrogen) atoms. The fraction of sp³-hybridized carbons (Fsp3) is 0.214. The lowest BCUT2D eigenvalue weighted by Gasteiger charge is -2.02. The van der Waals surface area contributed by atoms with Crippen LogP contribution in [0.25, 0.3) is 11.2 Å². The molecule has 0 spiro atoms. The molecule has 5 nitrogen and oxygen atoms in total. The minimum absolute atomic E-state index is 0.565. The summed E-state index contributed by atoms with van der Waals surface area (Å²) in [4.78, 5) is 16.3. The molecule has 6 heteroatoms. The van der Waals surface area contributed by atoms with Crippen LogP contribution in [0.15, 0.2) is 28.9 Å².